The van der Waals surface area contributed by atoms with E-state index in [4.69, 9.17) is 4.74 Å². The summed E-state index contributed by atoms with van der Waals surface area (Å²) < 4.78 is 19.0. The minimum absolute atomic E-state index is 0.150. The zero-order chi connectivity index (χ0) is 23.0. The van der Waals surface area contributed by atoms with Gasteiger partial charge in [-0.15, -0.1) is 11.8 Å². The lowest BCUT2D eigenvalue weighted by Gasteiger charge is -2.31. The Hall–Kier alpha value is -2.54. The van der Waals surface area contributed by atoms with Gasteiger partial charge >= 0.3 is 0 Å². The highest BCUT2D eigenvalue weighted by molar-refractivity contribution is 7.99. The molecule has 0 aliphatic rings. The number of carbonyl (C=O) groups is 2. The first kappa shape index (κ1) is 24.7. The molecule has 0 saturated carbocycles. The van der Waals surface area contributed by atoms with E-state index in [2.05, 4.69) is 5.32 Å². The number of benzene rings is 2. The second-order valence-electron chi connectivity index (χ2n) is 8.37. The number of rotatable bonds is 9. The van der Waals surface area contributed by atoms with Crippen LogP contribution in [0.2, 0.25) is 0 Å². The molecule has 0 spiro atoms. The molecular formula is C24H31FN2O3S. The second kappa shape index (κ2) is 11.2. The van der Waals surface area contributed by atoms with Crippen LogP contribution < -0.4 is 10.1 Å². The van der Waals surface area contributed by atoms with E-state index < -0.39 is 11.6 Å². The van der Waals surface area contributed by atoms with Crippen molar-refractivity contribution in [3.8, 4) is 5.75 Å². The summed E-state index contributed by atoms with van der Waals surface area (Å²) in [7, 11) is 1.59. The summed E-state index contributed by atoms with van der Waals surface area (Å²) in [5, 5.41) is 2.94. The quantitative estimate of drug-likeness (QED) is 0.620. The van der Waals surface area contributed by atoms with Crippen LogP contribution in [0.25, 0.3) is 0 Å². The Morgan fingerprint density at radius 1 is 1.13 bits per heavy atom. The Bertz CT molecular complexity index is 881. The van der Waals surface area contributed by atoms with Crippen molar-refractivity contribution in [3.63, 3.8) is 0 Å². The van der Waals surface area contributed by atoms with Gasteiger partial charge in [0.2, 0.25) is 11.8 Å². The molecule has 2 aromatic carbocycles. The lowest BCUT2D eigenvalue weighted by atomic mass is 10.1. The number of thioether (sulfide) groups is 1. The average molecular weight is 447 g/mol. The standard InChI is InChI=1S/C24H31FN2O3S/c1-17(23(29)26-24(2,3)4)27(14-18-10-12-20(30-5)13-11-18)22(28)16-31-15-19-8-6-7-9-21(19)25/h6-13,17H,14-16H2,1-5H3,(H,26,29)/t17-/m0/s1. The fourth-order valence-electron chi connectivity index (χ4n) is 2.93. The van der Waals surface area contributed by atoms with E-state index in [0.717, 1.165) is 11.3 Å². The molecule has 168 valence electrons. The Balaban J connectivity index is 2.11. The number of hydrogen-bond acceptors (Lipinski definition) is 4. The van der Waals surface area contributed by atoms with Crippen molar-refractivity contribution in [2.45, 2.75) is 51.6 Å². The van der Waals surface area contributed by atoms with Gasteiger partial charge in [-0.25, -0.2) is 4.39 Å². The van der Waals surface area contributed by atoms with Crippen LogP contribution in [0.1, 0.15) is 38.8 Å². The van der Waals surface area contributed by atoms with E-state index in [9.17, 15) is 14.0 Å². The van der Waals surface area contributed by atoms with Gasteiger partial charge < -0.3 is 15.0 Å². The highest BCUT2D eigenvalue weighted by atomic mass is 32.2. The molecule has 0 saturated heterocycles. The number of ether oxygens (including phenoxy) is 1. The number of carbonyl (C=O) groups excluding carboxylic acids is 2. The van der Waals surface area contributed by atoms with Gasteiger partial charge in [-0.2, -0.15) is 0 Å². The maximum Gasteiger partial charge on any atom is 0.242 e. The normalized spacial score (nSPS) is 12.2. The molecule has 0 aliphatic carbocycles. The molecule has 1 N–H and O–H groups in total. The van der Waals surface area contributed by atoms with Gasteiger partial charge in [-0.05, 0) is 57.0 Å². The first-order chi connectivity index (χ1) is 14.6. The van der Waals surface area contributed by atoms with Gasteiger partial charge in [0.05, 0.1) is 12.9 Å². The molecule has 1 atom stereocenters. The van der Waals surface area contributed by atoms with Crippen LogP contribution in [0.4, 0.5) is 4.39 Å². The average Bonchev–Trinajstić information content (AvgIpc) is 2.72. The van der Waals surface area contributed by atoms with Crippen LogP contribution in [0.5, 0.6) is 5.75 Å². The molecule has 7 heteroatoms. The van der Waals surface area contributed by atoms with Crippen molar-refractivity contribution in [2.24, 2.45) is 0 Å². The maximum atomic E-state index is 13.8. The van der Waals surface area contributed by atoms with Crippen molar-refractivity contribution >= 4 is 23.6 Å². The highest BCUT2D eigenvalue weighted by Crippen LogP contribution is 2.19. The van der Waals surface area contributed by atoms with E-state index in [1.165, 1.54) is 17.8 Å². The Labute approximate surface area is 188 Å². The van der Waals surface area contributed by atoms with Crippen LogP contribution >= 0.6 is 11.8 Å². The summed E-state index contributed by atoms with van der Waals surface area (Å²) in [6.45, 7) is 7.72. The third kappa shape index (κ3) is 7.90. The first-order valence-corrected chi connectivity index (χ1v) is 11.3. The Morgan fingerprint density at radius 2 is 1.77 bits per heavy atom. The van der Waals surface area contributed by atoms with Gasteiger partial charge in [0, 0.05) is 17.8 Å². The second-order valence-corrected chi connectivity index (χ2v) is 9.35. The zero-order valence-electron chi connectivity index (χ0n) is 18.8. The van der Waals surface area contributed by atoms with E-state index in [1.54, 1.807) is 37.1 Å². The maximum absolute atomic E-state index is 13.8. The number of methoxy groups -OCH3 is 1. The SMILES string of the molecule is COc1ccc(CN(C(=O)CSCc2ccccc2F)[C@@H](C)C(=O)NC(C)(C)C)cc1. The molecule has 5 nitrogen and oxygen atoms in total. The lowest BCUT2D eigenvalue weighted by Crippen LogP contribution is -2.52. The molecule has 0 aromatic heterocycles. The van der Waals surface area contributed by atoms with Crippen molar-refractivity contribution in [1.29, 1.82) is 0 Å². The lowest BCUT2D eigenvalue weighted by molar-refractivity contribution is -0.139. The van der Waals surface area contributed by atoms with Crippen molar-refractivity contribution in [3.05, 3.63) is 65.5 Å². The number of amides is 2. The predicted molar refractivity (Wildman–Crippen MR) is 123 cm³/mol. The molecule has 2 aromatic rings. The number of hydrogen-bond donors (Lipinski definition) is 1. The van der Waals surface area contributed by atoms with Crippen LogP contribution in [-0.4, -0.2) is 41.2 Å². The molecular weight excluding hydrogens is 415 g/mol. The smallest absolute Gasteiger partial charge is 0.242 e. The molecule has 0 heterocycles. The highest BCUT2D eigenvalue weighted by Gasteiger charge is 2.28. The predicted octanol–water partition coefficient (Wildman–Crippen LogP) is 4.40. The minimum atomic E-state index is -0.650. The van der Waals surface area contributed by atoms with Crippen molar-refractivity contribution in [1.82, 2.24) is 10.2 Å². The Kier molecular flexibility index (Phi) is 8.92. The topological polar surface area (TPSA) is 58.6 Å². The fourth-order valence-corrected chi connectivity index (χ4v) is 3.83. The van der Waals surface area contributed by atoms with Crippen LogP contribution in [0, 0.1) is 5.82 Å². The summed E-state index contributed by atoms with van der Waals surface area (Å²) in [5.74, 6) is 0.591. The largest absolute Gasteiger partial charge is 0.497 e. The number of halogens is 1. The van der Waals surface area contributed by atoms with Crippen LogP contribution in [-0.2, 0) is 21.9 Å². The third-order valence-electron chi connectivity index (χ3n) is 4.62. The molecule has 0 aliphatic heterocycles. The molecule has 2 amide bonds. The van der Waals surface area contributed by atoms with Crippen LogP contribution in [0.3, 0.4) is 0 Å². The first-order valence-electron chi connectivity index (χ1n) is 10.2. The number of nitrogens with zero attached hydrogens (tertiary/aromatic N) is 1. The van der Waals surface area contributed by atoms with E-state index in [0.29, 0.717) is 17.9 Å². The molecule has 2 rings (SSSR count). The van der Waals surface area contributed by atoms with Gasteiger partial charge in [-0.1, -0.05) is 30.3 Å². The summed E-state index contributed by atoms with van der Waals surface area (Å²) in [5.41, 5.74) is 1.05. The van der Waals surface area contributed by atoms with Gasteiger partial charge in [0.15, 0.2) is 0 Å². The van der Waals surface area contributed by atoms with E-state index in [1.807, 2.05) is 45.0 Å². The zero-order valence-corrected chi connectivity index (χ0v) is 19.6. The summed E-state index contributed by atoms with van der Waals surface area (Å²) in [4.78, 5) is 27.4. The molecule has 0 bridgehead atoms. The number of nitrogens with one attached hydrogen (secondary N) is 1. The molecule has 0 radical (unpaired) electrons. The molecule has 0 unspecified atom stereocenters. The monoisotopic (exact) mass is 446 g/mol. The third-order valence-corrected chi connectivity index (χ3v) is 5.58. The van der Waals surface area contributed by atoms with Gasteiger partial charge in [0.25, 0.3) is 0 Å². The summed E-state index contributed by atoms with van der Waals surface area (Å²) >= 11 is 1.33. The fraction of sp³-hybridized carbons (Fsp3) is 0.417. The van der Waals surface area contributed by atoms with Crippen molar-refractivity contribution in [2.75, 3.05) is 12.9 Å². The summed E-state index contributed by atoms with van der Waals surface area (Å²) in [6.07, 6.45) is 0. The van der Waals surface area contributed by atoms with E-state index >= 15 is 0 Å². The molecule has 31 heavy (non-hydrogen) atoms. The molecule has 0 fully saturated rings. The van der Waals surface area contributed by atoms with E-state index in [-0.39, 0.29) is 23.4 Å². The van der Waals surface area contributed by atoms with Gasteiger partial charge in [-0.3, -0.25) is 9.59 Å². The van der Waals surface area contributed by atoms with Crippen molar-refractivity contribution < 1.29 is 18.7 Å². The minimum Gasteiger partial charge on any atom is -0.497 e. The van der Waals surface area contributed by atoms with Crippen LogP contribution in [0.15, 0.2) is 48.5 Å². The van der Waals surface area contributed by atoms with Gasteiger partial charge in [0.1, 0.15) is 17.6 Å². The summed E-state index contributed by atoms with van der Waals surface area (Å²) in [6, 6.07) is 13.3. The Morgan fingerprint density at radius 3 is 2.35 bits per heavy atom.